The van der Waals surface area contributed by atoms with Gasteiger partial charge >= 0.3 is 0 Å². The molecule has 0 unspecified atom stereocenters. The zero-order valence-electron chi connectivity index (χ0n) is 8.98. The minimum Gasteiger partial charge on any atom is -0.377 e. The van der Waals surface area contributed by atoms with E-state index in [4.69, 9.17) is 4.74 Å². The second-order valence-corrected chi connectivity index (χ2v) is 3.50. The Morgan fingerprint density at radius 1 is 1.15 bits per heavy atom. The van der Waals surface area contributed by atoms with E-state index >= 15 is 0 Å². The van der Waals surface area contributed by atoms with Crippen LogP contribution in [0.4, 0.5) is 0 Å². The van der Waals surface area contributed by atoms with Crippen molar-refractivity contribution in [1.82, 2.24) is 0 Å². The summed E-state index contributed by atoms with van der Waals surface area (Å²) >= 11 is 0. The van der Waals surface area contributed by atoms with Crippen molar-refractivity contribution < 1.29 is 4.74 Å². The van der Waals surface area contributed by atoms with Crippen LogP contribution in [0, 0.1) is 20.8 Å². The van der Waals surface area contributed by atoms with E-state index in [1.807, 2.05) is 6.92 Å². The van der Waals surface area contributed by atoms with Gasteiger partial charge in [-0.2, -0.15) is 0 Å². The first-order chi connectivity index (χ1) is 6.15. The van der Waals surface area contributed by atoms with Crippen LogP contribution < -0.4 is 0 Å². The predicted molar refractivity (Wildman–Crippen MR) is 56.0 cm³/mol. The summed E-state index contributed by atoms with van der Waals surface area (Å²) in [6, 6.07) is 4.42. The number of hydrogen-bond acceptors (Lipinski definition) is 1. The molecule has 0 aliphatic rings. The standard InChI is InChI=1S/C12H18O/c1-5-13-8-12-7-9(2)6-10(3)11(12)4/h6-7H,5,8H2,1-4H3. The van der Waals surface area contributed by atoms with Gasteiger partial charge in [0.2, 0.25) is 0 Å². The van der Waals surface area contributed by atoms with Gasteiger partial charge in [0.05, 0.1) is 6.61 Å². The van der Waals surface area contributed by atoms with Gasteiger partial charge in [0, 0.05) is 6.61 Å². The van der Waals surface area contributed by atoms with Crippen molar-refractivity contribution in [2.75, 3.05) is 6.61 Å². The van der Waals surface area contributed by atoms with Crippen molar-refractivity contribution in [3.63, 3.8) is 0 Å². The number of ether oxygens (including phenoxy) is 1. The molecule has 0 N–H and O–H groups in total. The van der Waals surface area contributed by atoms with Crippen molar-refractivity contribution in [3.8, 4) is 0 Å². The Morgan fingerprint density at radius 2 is 1.85 bits per heavy atom. The van der Waals surface area contributed by atoms with Gasteiger partial charge in [-0.25, -0.2) is 0 Å². The van der Waals surface area contributed by atoms with Crippen molar-refractivity contribution >= 4 is 0 Å². The summed E-state index contributed by atoms with van der Waals surface area (Å²) in [5, 5.41) is 0. The normalized spacial score (nSPS) is 10.5. The molecule has 0 aromatic heterocycles. The van der Waals surface area contributed by atoms with E-state index in [-0.39, 0.29) is 0 Å². The lowest BCUT2D eigenvalue weighted by molar-refractivity contribution is 0.133. The lowest BCUT2D eigenvalue weighted by Gasteiger charge is -2.10. The van der Waals surface area contributed by atoms with Crippen LogP contribution in [0.5, 0.6) is 0 Å². The molecule has 0 aliphatic carbocycles. The molecule has 0 amide bonds. The third kappa shape index (κ3) is 2.56. The maximum Gasteiger partial charge on any atom is 0.0719 e. The minimum atomic E-state index is 0.741. The van der Waals surface area contributed by atoms with Crippen LogP contribution in [-0.4, -0.2) is 6.61 Å². The third-order valence-electron chi connectivity index (χ3n) is 2.38. The lowest BCUT2D eigenvalue weighted by atomic mass is 10.0. The zero-order valence-corrected chi connectivity index (χ0v) is 8.98. The first kappa shape index (κ1) is 10.3. The Morgan fingerprint density at radius 3 is 2.46 bits per heavy atom. The molecule has 72 valence electrons. The zero-order chi connectivity index (χ0) is 9.84. The fraction of sp³-hybridized carbons (Fsp3) is 0.500. The first-order valence-electron chi connectivity index (χ1n) is 4.79. The topological polar surface area (TPSA) is 9.23 Å². The summed E-state index contributed by atoms with van der Waals surface area (Å²) in [4.78, 5) is 0. The highest BCUT2D eigenvalue weighted by Gasteiger charge is 2.01. The van der Waals surface area contributed by atoms with E-state index in [0.29, 0.717) is 0 Å². The molecule has 13 heavy (non-hydrogen) atoms. The van der Waals surface area contributed by atoms with E-state index in [0.717, 1.165) is 13.2 Å². The largest absolute Gasteiger partial charge is 0.377 e. The Kier molecular flexibility index (Phi) is 3.49. The van der Waals surface area contributed by atoms with E-state index in [2.05, 4.69) is 32.9 Å². The highest BCUT2D eigenvalue weighted by Crippen LogP contribution is 2.16. The van der Waals surface area contributed by atoms with E-state index in [9.17, 15) is 0 Å². The molecule has 1 heteroatoms. The Hall–Kier alpha value is -0.820. The smallest absolute Gasteiger partial charge is 0.0719 e. The van der Waals surface area contributed by atoms with Crippen LogP contribution >= 0.6 is 0 Å². The monoisotopic (exact) mass is 178 g/mol. The molecule has 0 spiro atoms. The molecule has 0 atom stereocenters. The average molecular weight is 178 g/mol. The maximum absolute atomic E-state index is 5.41. The van der Waals surface area contributed by atoms with Crippen molar-refractivity contribution in [2.45, 2.75) is 34.3 Å². The van der Waals surface area contributed by atoms with Gasteiger partial charge in [0.1, 0.15) is 0 Å². The predicted octanol–water partition coefficient (Wildman–Crippen LogP) is 3.15. The lowest BCUT2D eigenvalue weighted by Crippen LogP contribution is -1.97. The molecule has 0 heterocycles. The summed E-state index contributed by atoms with van der Waals surface area (Å²) < 4.78 is 5.41. The fourth-order valence-corrected chi connectivity index (χ4v) is 1.49. The van der Waals surface area contributed by atoms with Gasteiger partial charge < -0.3 is 4.74 Å². The number of benzene rings is 1. The number of aryl methyl sites for hydroxylation is 2. The molecule has 1 nitrogen and oxygen atoms in total. The molecule has 1 aromatic carbocycles. The second-order valence-electron chi connectivity index (χ2n) is 3.50. The number of hydrogen-bond donors (Lipinski definition) is 0. The van der Waals surface area contributed by atoms with Crippen molar-refractivity contribution in [3.05, 3.63) is 34.4 Å². The molecule has 1 aromatic rings. The Balaban J connectivity index is 2.92. The second kappa shape index (κ2) is 4.43. The van der Waals surface area contributed by atoms with Crippen LogP contribution in [0.25, 0.3) is 0 Å². The molecule has 0 radical (unpaired) electrons. The van der Waals surface area contributed by atoms with E-state index in [1.54, 1.807) is 0 Å². The molecule has 0 saturated heterocycles. The molecule has 0 bridgehead atoms. The van der Waals surface area contributed by atoms with Gasteiger partial charge in [-0.15, -0.1) is 0 Å². The summed E-state index contributed by atoms with van der Waals surface area (Å²) in [7, 11) is 0. The first-order valence-corrected chi connectivity index (χ1v) is 4.79. The molecular weight excluding hydrogens is 160 g/mol. The van der Waals surface area contributed by atoms with Crippen LogP contribution in [0.15, 0.2) is 12.1 Å². The summed E-state index contributed by atoms with van der Waals surface area (Å²) in [5.41, 5.74) is 5.35. The number of rotatable bonds is 3. The summed E-state index contributed by atoms with van der Waals surface area (Å²) in [5.74, 6) is 0. The van der Waals surface area contributed by atoms with Crippen molar-refractivity contribution in [1.29, 1.82) is 0 Å². The molecule has 0 saturated carbocycles. The van der Waals surface area contributed by atoms with Crippen LogP contribution in [0.2, 0.25) is 0 Å². The van der Waals surface area contributed by atoms with Crippen LogP contribution in [-0.2, 0) is 11.3 Å². The minimum absolute atomic E-state index is 0.741. The van der Waals surface area contributed by atoms with Gasteiger partial charge in [-0.3, -0.25) is 0 Å². The third-order valence-corrected chi connectivity index (χ3v) is 2.38. The van der Waals surface area contributed by atoms with Crippen LogP contribution in [0.3, 0.4) is 0 Å². The van der Waals surface area contributed by atoms with E-state index < -0.39 is 0 Å². The highest BCUT2D eigenvalue weighted by molar-refractivity contribution is 5.36. The fourth-order valence-electron chi connectivity index (χ4n) is 1.49. The Bertz CT molecular complexity index is 289. The molecule has 0 fully saturated rings. The molecule has 1 rings (SSSR count). The summed E-state index contributed by atoms with van der Waals surface area (Å²) in [6.07, 6.45) is 0. The average Bonchev–Trinajstić information content (AvgIpc) is 2.09. The van der Waals surface area contributed by atoms with Crippen LogP contribution in [0.1, 0.15) is 29.2 Å². The Labute approximate surface area is 80.7 Å². The van der Waals surface area contributed by atoms with Gasteiger partial charge in [-0.1, -0.05) is 17.7 Å². The summed E-state index contributed by atoms with van der Waals surface area (Å²) in [6.45, 7) is 9.98. The van der Waals surface area contributed by atoms with Gasteiger partial charge in [0.25, 0.3) is 0 Å². The van der Waals surface area contributed by atoms with Gasteiger partial charge in [-0.05, 0) is 44.4 Å². The molecule has 0 aliphatic heterocycles. The van der Waals surface area contributed by atoms with Gasteiger partial charge in [0.15, 0.2) is 0 Å². The maximum atomic E-state index is 5.41. The SMILES string of the molecule is CCOCc1cc(C)cc(C)c1C. The van der Waals surface area contributed by atoms with Crippen molar-refractivity contribution in [2.24, 2.45) is 0 Å². The quantitative estimate of drug-likeness (QED) is 0.691. The molecular formula is C12H18O. The van der Waals surface area contributed by atoms with E-state index in [1.165, 1.54) is 22.3 Å². The highest BCUT2D eigenvalue weighted by atomic mass is 16.5.